The van der Waals surface area contributed by atoms with Crippen molar-refractivity contribution in [1.82, 2.24) is 9.38 Å². The molecule has 0 bridgehead atoms. The maximum absolute atomic E-state index is 9.48. The van der Waals surface area contributed by atoms with Crippen molar-refractivity contribution in [2.24, 2.45) is 0 Å². The highest BCUT2D eigenvalue weighted by atomic mass is 16.5. The van der Waals surface area contributed by atoms with Crippen molar-refractivity contribution in [1.29, 1.82) is 5.26 Å². The Kier molecular flexibility index (Phi) is 3.07. The zero-order valence-electron chi connectivity index (χ0n) is 10.5. The minimum Gasteiger partial charge on any atom is -0.437 e. The standard InChI is InChI=1S/C15H11N3O2/c16-9-11-4-6-12(7-5-11)20-15-13(10-19)18-8-2-1-3-14(18)17-15/h1-8,19H,10H2. The summed E-state index contributed by atoms with van der Waals surface area (Å²) in [5, 5.41) is 18.2. The van der Waals surface area contributed by atoms with E-state index in [4.69, 9.17) is 10.00 Å². The molecule has 1 N–H and O–H groups in total. The number of ether oxygens (including phenoxy) is 1. The van der Waals surface area contributed by atoms with Crippen LogP contribution in [0, 0.1) is 11.3 Å². The monoisotopic (exact) mass is 265 g/mol. The number of aromatic nitrogens is 2. The lowest BCUT2D eigenvalue weighted by molar-refractivity contribution is 0.269. The van der Waals surface area contributed by atoms with Gasteiger partial charge in [-0.05, 0) is 36.4 Å². The quantitative estimate of drug-likeness (QED) is 0.789. The summed E-state index contributed by atoms with van der Waals surface area (Å²) in [6.07, 6.45) is 1.82. The molecule has 2 aromatic heterocycles. The Morgan fingerprint density at radius 3 is 2.70 bits per heavy atom. The van der Waals surface area contributed by atoms with Gasteiger partial charge in [-0.15, -0.1) is 0 Å². The van der Waals surface area contributed by atoms with Crippen LogP contribution in [0.1, 0.15) is 11.3 Å². The molecule has 20 heavy (non-hydrogen) atoms. The number of hydrogen-bond acceptors (Lipinski definition) is 4. The number of nitriles is 1. The molecule has 0 atom stereocenters. The van der Waals surface area contributed by atoms with E-state index in [1.165, 1.54) is 0 Å². The predicted molar refractivity (Wildman–Crippen MR) is 72.3 cm³/mol. The molecule has 0 aliphatic rings. The number of nitrogens with zero attached hydrogens (tertiary/aromatic N) is 3. The molecule has 98 valence electrons. The molecule has 5 heteroatoms. The molecule has 0 fully saturated rings. The Morgan fingerprint density at radius 1 is 1.20 bits per heavy atom. The van der Waals surface area contributed by atoms with Gasteiger partial charge >= 0.3 is 0 Å². The van der Waals surface area contributed by atoms with E-state index in [0.717, 1.165) is 0 Å². The van der Waals surface area contributed by atoms with Crippen LogP contribution < -0.4 is 4.74 Å². The first-order valence-electron chi connectivity index (χ1n) is 6.06. The largest absolute Gasteiger partial charge is 0.437 e. The van der Waals surface area contributed by atoms with Crippen molar-refractivity contribution in [3.63, 3.8) is 0 Å². The van der Waals surface area contributed by atoms with Crippen LogP contribution in [0.25, 0.3) is 5.65 Å². The Balaban J connectivity index is 1.99. The summed E-state index contributed by atoms with van der Waals surface area (Å²) >= 11 is 0. The van der Waals surface area contributed by atoms with E-state index in [9.17, 15) is 5.11 Å². The second-order valence-electron chi connectivity index (χ2n) is 4.19. The van der Waals surface area contributed by atoms with Crippen LogP contribution in [0.5, 0.6) is 11.6 Å². The molecule has 0 amide bonds. The molecular formula is C15H11N3O2. The van der Waals surface area contributed by atoms with Gasteiger partial charge < -0.3 is 9.84 Å². The van der Waals surface area contributed by atoms with Gasteiger partial charge in [0.15, 0.2) is 0 Å². The number of aliphatic hydroxyl groups is 1. The lowest BCUT2D eigenvalue weighted by Gasteiger charge is -2.04. The van der Waals surface area contributed by atoms with E-state index in [1.54, 1.807) is 28.7 Å². The molecule has 5 nitrogen and oxygen atoms in total. The Labute approximate surface area is 115 Å². The topological polar surface area (TPSA) is 70.5 Å². The zero-order chi connectivity index (χ0) is 13.9. The first-order chi connectivity index (χ1) is 9.81. The molecule has 0 aliphatic carbocycles. The van der Waals surface area contributed by atoms with Gasteiger partial charge in [-0.25, -0.2) is 0 Å². The Bertz CT molecular complexity index is 785. The molecule has 0 saturated carbocycles. The van der Waals surface area contributed by atoms with Crippen molar-refractivity contribution >= 4 is 5.65 Å². The van der Waals surface area contributed by atoms with Gasteiger partial charge in [0.1, 0.15) is 17.1 Å². The van der Waals surface area contributed by atoms with Crippen molar-refractivity contribution in [3.8, 4) is 17.7 Å². The molecule has 0 radical (unpaired) electrons. The van der Waals surface area contributed by atoms with E-state index in [1.807, 2.05) is 30.5 Å². The minimum absolute atomic E-state index is 0.170. The van der Waals surface area contributed by atoms with E-state index >= 15 is 0 Å². The molecule has 0 unspecified atom stereocenters. The maximum Gasteiger partial charge on any atom is 0.243 e. The fourth-order valence-corrected chi connectivity index (χ4v) is 1.96. The van der Waals surface area contributed by atoms with Gasteiger partial charge in [0, 0.05) is 6.20 Å². The second-order valence-corrected chi connectivity index (χ2v) is 4.19. The lowest BCUT2D eigenvalue weighted by atomic mass is 10.2. The summed E-state index contributed by atoms with van der Waals surface area (Å²) in [5.41, 5.74) is 1.86. The predicted octanol–water partition coefficient (Wildman–Crippen LogP) is 2.49. The summed E-state index contributed by atoms with van der Waals surface area (Å²) in [5.74, 6) is 0.936. The second kappa shape index (κ2) is 5.03. The third kappa shape index (κ3) is 2.09. The zero-order valence-corrected chi connectivity index (χ0v) is 10.5. The number of rotatable bonds is 3. The Morgan fingerprint density at radius 2 is 2.00 bits per heavy atom. The van der Waals surface area contributed by atoms with Gasteiger partial charge in [0.25, 0.3) is 0 Å². The SMILES string of the molecule is N#Cc1ccc(Oc2nc3ccccn3c2CO)cc1. The Hall–Kier alpha value is -2.84. The summed E-state index contributed by atoms with van der Waals surface area (Å²) in [7, 11) is 0. The average Bonchev–Trinajstić information content (AvgIpc) is 2.85. The van der Waals surface area contributed by atoms with Crippen LogP contribution in [-0.4, -0.2) is 14.5 Å². The van der Waals surface area contributed by atoms with Crippen LogP contribution in [-0.2, 0) is 6.61 Å². The fraction of sp³-hybridized carbons (Fsp3) is 0.0667. The summed E-state index contributed by atoms with van der Waals surface area (Å²) < 4.78 is 7.46. The minimum atomic E-state index is -0.170. The van der Waals surface area contributed by atoms with E-state index in [2.05, 4.69) is 4.98 Å². The van der Waals surface area contributed by atoms with Crippen molar-refractivity contribution in [2.45, 2.75) is 6.61 Å². The van der Waals surface area contributed by atoms with Crippen LogP contribution in [0.3, 0.4) is 0 Å². The van der Waals surface area contributed by atoms with Gasteiger partial charge in [-0.3, -0.25) is 4.40 Å². The molecule has 3 rings (SSSR count). The van der Waals surface area contributed by atoms with Gasteiger partial charge in [-0.1, -0.05) is 6.07 Å². The van der Waals surface area contributed by atoms with E-state index < -0.39 is 0 Å². The number of imidazole rings is 1. The molecular weight excluding hydrogens is 254 g/mol. The summed E-state index contributed by atoms with van der Waals surface area (Å²) in [6, 6.07) is 14.4. The van der Waals surface area contributed by atoms with E-state index in [0.29, 0.717) is 28.5 Å². The van der Waals surface area contributed by atoms with Gasteiger partial charge in [0.05, 0.1) is 18.2 Å². The van der Waals surface area contributed by atoms with Crippen LogP contribution in [0.2, 0.25) is 0 Å². The van der Waals surface area contributed by atoms with E-state index in [-0.39, 0.29) is 6.61 Å². The number of aliphatic hydroxyl groups excluding tert-OH is 1. The van der Waals surface area contributed by atoms with Crippen molar-refractivity contribution in [3.05, 3.63) is 59.9 Å². The fourth-order valence-electron chi connectivity index (χ4n) is 1.96. The number of hydrogen-bond donors (Lipinski definition) is 1. The molecule has 2 heterocycles. The van der Waals surface area contributed by atoms with Gasteiger partial charge in [-0.2, -0.15) is 10.2 Å². The molecule has 0 spiro atoms. The number of benzene rings is 1. The first kappa shape index (κ1) is 12.2. The normalized spacial score (nSPS) is 10.4. The molecule has 0 aliphatic heterocycles. The third-order valence-corrected chi connectivity index (χ3v) is 2.94. The maximum atomic E-state index is 9.48. The highest BCUT2D eigenvalue weighted by Crippen LogP contribution is 2.26. The van der Waals surface area contributed by atoms with Crippen LogP contribution >= 0.6 is 0 Å². The average molecular weight is 265 g/mol. The summed E-state index contributed by atoms with van der Waals surface area (Å²) in [6.45, 7) is -0.170. The van der Waals surface area contributed by atoms with Crippen LogP contribution in [0.4, 0.5) is 0 Å². The van der Waals surface area contributed by atoms with Crippen LogP contribution in [0.15, 0.2) is 48.7 Å². The third-order valence-electron chi connectivity index (χ3n) is 2.94. The van der Waals surface area contributed by atoms with Crippen molar-refractivity contribution in [2.75, 3.05) is 0 Å². The summed E-state index contributed by atoms with van der Waals surface area (Å²) in [4.78, 5) is 4.34. The highest BCUT2D eigenvalue weighted by molar-refractivity contribution is 5.47. The molecule has 0 saturated heterocycles. The van der Waals surface area contributed by atoms with Crippen molar-refractivity contribution < 1.29 is 9.84 Å². The van der Waals surface area contributed by atoms with Gasteiger partial charge in [0.2, 0.25) is 5.88 Å². The number of fused-ring (bicyclic) bond motifs is 1. The smallest absolute Gasteiger partial charge is 0.243 e. The molecule has 3 aromatic rings. The highest BCUT2D eigenvalue weighted by Gasteiger charge is 2.12. The lowest BCUT2D eigenvalue weighted by Crippen LogP contribution is -1.94. The number of pyridine rings is 1. The molecule has 1 aromatic carbocycles. The first-order valence-corrected chi connectivity index (χ1v) is 6.06.